The molecule has 2 heteroatoms. The van der Waals surface area contributed by atoms with Crippen molar-refractivity contribution >= 4 is 21.7 Å². The number of carbonyl (C=O) groups excluding carboxylic acids is 1. The molecule has 0 aliphatic carbocycles. The van der Waals surface area contributed by atoms with Crippen molar-refractivity contribution in [3.63, 3.8) is 0 Å². The van der Waals surface area contributed by atoms with Crippen LogP contribution in [0.4, 0.5) is 0 Å². The Morgan fingerprint density at radius 2 is 1.72 bits per heavy atom. The smallest absolute Gasteiger partial charge is 0.193 e. The molecule has 0 aliphatic heterocycles. The van der Waals surface area contributed by atoms with Crippen LogP contribution in [0.3, 0.4) is 0 Å². The molecule has 0 heterocycles. The summed E-state index contributed by atoms with van der Waals surface area (Å²) < 4.78 is 0.970. The van der Waals surface area contributed by atoms with Gasteiger partial charge < -0.3 is 0 Å². The lowest BCUT2D eigenvalue weighted by Crippen LogP contribution is -2.06. The van der Waals surface area contributed by atoms with E-state index in [4.69, 9.17) is 0 Å². The number of hydrogen-bond donors (Lipinski definition) is 0. The van der Waals surface area contributed by atoms with E-state index in [9.17, 15) is 4.79 Å². The second kappa shape index (κ2) is 5.07. The van der Waals surface area contributed by atoms with Crippen molar-refractivity contribution in [2.75, 3.05) is 0 Å². The summed E-state index contributed by atoms with van der Waals surface area (Å²) in [5.74, 6) is 0.0892. The average Bonchev–Trinajstić information content (AvgIpc) is 2.32. The monoisotopic (exact) mass is 302 g/mol. The zero-order valence-electron chi connectivity index (χ0n) is 10.8. The number of ketones is 1. The van der Waals surface area contributed by atoms with Crippen LogP contribution >= 0.6 is 15.9 Å². The Bertz CT molecular complexity index is 614. The second-order valence-corrected chi connectivity index (χ2v) is 5.41. The number of halogens is 1. The Hall–Kier alpha value is -1.41. The first-order chi connectivity index (χ1) is 8.50. The zero-order chi connectivity index (χ0) is 13.3. The number of carbonyl (C=O) groups is 1. The van der Waals surface area contributed by atoms with Gasteiger partial charge in [-0.25, -0.2) is 0 Å². The van der Waals surface area contributed by atoms with E-state index in [1.54, 1.807) is 0 Å². The van der Waals surface area contributed by atoms with Gasteiger partial charge >= 0.3 is 0 Å². The molecule has 0 atom stereocenters. The normalized spacial score (nSPS) is 10.4. The topological polar surface area (TPSA) is 17.1 Å². The fourth-order valence-electron chi connectivity index (χ4n) is 2.07. The quantitative estimate of drug-likeness (QED) is 0.741. The van der Waals surface area contributed by atoms with Crippen LogP contribution in [0, 0.1) is 20.8 Å². The predicted octanol–water partition coefficient (Wildman–Crippen LogP) is 4.61. The van der Waals surface area contributed by atoms with Crippen LogP contribution < -0.4 is 0 Å². The van der Waals surface area contributed by atoms with Crippen LogP contribution in [0.25, 0.3) is 0 Å². The molecule has 0 N–H and O–H groups in total. The maximum absolute atomic E-state index is 12.5. The van der Waals surface area contributed by atoms with E-state index in [1.165, 1.54) is 5.56 Å². The summed E-state index contributed by atoms with van der Waals surface area (Å²) >= 11 is 3.46. The highest BCUT2D eigenvalue weighted by Crippen LogP contribution is 2.23. The SMILES string of the molecule is Cc1ccc(C(=O)c2cccc(Br)c2C)c(C)c1. The van der Waals surface area contributed by atoms with Crippen molar-refractivity contribution in [1.29, 1.82) is 0 Å². The minimum atomic E-state index is 0.0892. The van der Waals surface area contributed by atoms with E-state index >= 15 is 0 Å². The van der Waals surface area contributed by atoms with Crippen molar-refractivity contribution in [3.05, 3.63) is 68.7 Å². The molecule has 0 unspecified atom stereocenters. The highest BCUT2D eigenvalue weighted by atomic mass is 79.9. The van der Waals surface area contributed by atoms with Gasteiger partial charge in [0.25, 0.3) is 0 Å². The van der Waals surface area contributed by atoms with Gasteiger partial charge in [-0.15, -0.1) is 0 Å². The van der Waals surface area contributed by atoms with Gasteiger partial charge in [0.2, 0.25) is 0 Å². The maximum Gasteiger partial charge on any atom is 0.193 e. The van der Waals surface area contributed by atoms with Gasteiger partial charge in [0.15, 0.2) is 5.78 Å². The van der Waals surface area contributed by atoms with Gasteiger partial charge in [-0.05, 0) is 38.0 Å². The summed E-state index contributed by atoms with van der Waals surface area (Å²) in [6.45, 7) is 5.97. The molecular formula is C16H15BrO. The Morgan fingerprint density at radius 1 is 1.00 bits per heavy atom. The van der Waals surface area contributed by atoms with Gasteiger partial charge in [-0.2, -0.15) is 0 Å². The fourth-order valence-corrected chi connectivity index (χ4v) is 2.43. The van der Waals surface area contributed by atoms with Crippen molar-refractivity contribution in [2.45, 2.75) is 20.8 Å². The molecule has 92 valence electrons. The summed E-state index contributed by atoms with van der Waals surface area (Å²) in [5, 5.41) is 0. The van der Waals surface area contributed by atoms with E-state index in [0.717, 1.165) is 26.7 Å². The van der Waals surface area contributed by atoms with Gasteiger partial charge in [-0.1, -0.05) is 51.8 Å². The summed E-state index contributed by atoms with van der Waals surface area (Å²) in [4.78, 5) is 12.5. The summed E-state index contributed by atoms with van der Waals surface area (Å²) in [7, 11) is 0. The van der Waals surface area contributed by atoms with Crippen LogP contribution in [-0.2, 0) is 0 Å². The molecule has 0 amide bonds. The predicted molar refractivity (Wildman–Crippen MR) is 78.2 cm³/mol. The Balaban J connectivity index is 2.51. The molecule has 1 nitrogen and oxygen atoms in total. The minimum Gasteiger partial charge on any atom is -0.289 e. The van der Waals surface area contributed by atoms with Crippen molar-refractivity contribution in [1.82, 2.24) is 0 Å². The van der Waals surface area contributed by atoms with E-state index < -0.39 is 0 Å². The lowest BCUT2D eigenvalue weighted by molar-refractivity contribution is 0.103. The van der Waals surface area contributed by atoms with Crippen LogP contribution in [-0.4, -0.2) is 5.78 Å². The summed E-state index contributed by atoms with van der Waals surface area (Å²) in [5.41, 5.74) is 4.73. The van der Waals surface area contributed by atoms with E-state index in [1.807, 2.05) is 57.2 Å². The number of benzene rings is 2. The first kappa shape index (κ1) is 13.0. The minimum absolute atomic E-state index is 0.0892. The number of hydrogen-bond acceptors (Lipinski definition) is 1. The Morgan fingerprint density at radius 3 is 2.39 bits per heavy atom. The van der Waals surface area contributed by atoms with E-state index in [2.05, 4.69) is 15.9 Å². The van der Waals surface area contributed by atoms with Crippen molar-refractivity contribution < 1.29 is 4.79 Å². The third-order valence-electron chi connectivity index (χ3n) is 3.14. The summed E-state index contributed by atoms with van der Waals surface area (Å²) in [6.07, 6.45) is 0. The first-order valence-electron chi connectivity index (χ1n) is 5.88. The molecule has 0 aliphatic rings. The molecule has 0 saturated carbocycles. The van der Waals surface area contributed by atoms with Crippen LogP contribution in [0.1, 0.15) is 32.6 Å². The largest absolute Gasteiger partial charge is 0.289 e. The molecule has 18 heavy (non-hydrogen) atoms. The molecule has 0 bridgehead atoms. The first-order valence-corrected chi connectivity index (χ1v) is 6.67. The summed E-state index contributed by atoms with van der Waals surface area (Å²) in [6, 6.07) is 11.7. The third kappa shape index (κ3) is 2.39. The highest BCUT2D eigenvalue weighted by molar-refractivity contribution is 9.10. The molecule has 0 fully saturated rings. The number of rotatable bonds is 2. The van der Waals surface area contributed by atoms with Crippen LogP contribution in [0.15, 0.2) is 40.9 Å². The fraction of sp³-hybridized carbons (Fsp3) is 0.188. The number of aryl methyl sites for hydroxylation is 2. The van der Waals surface area contributed by atoms with Crippen LogP contribution in [0.2, 0.25) is 0 Å². The lowest BCUT2D eigenvalue weighted by Gasteiger charge is -2.09. The second-order valence-electron chi connectivity index (χ2n) is 4.56. The van der Waals surface area contributed by atoms with Gasteiger partial charge in [0, 0.05) is 15.6 Å². The van der Waals surface area contributed by atoms with Gasteiger partial charge in [0.05, 0.1) is 0 Å². The lowest BCUT2D eigenvalue weighted by atomic mass is 9.95. The molecule has 2 rings (SSSR count). The average molecular weight is 303 g/mol. The highest BCUT2D eigenvalue weighted by Gasteiger charge is 2.14. The Labute approximate surface area is 116 Å². The zero-order valence-corrected chi connectivity index (χ0v) is 12.3. The molecule has 0 spiro atoms. The molecule has 2 aromatic carbocycles. The van der Waals surface area contributed by atoms with Gasteiger partial charge in [-0.3, -0.25) is 4.79 Å². The molecule has 2 aromatic rings. The molecular weight excluding hydrogens is 288 g/mol. The maximum atomic E-state index is 12.5. The third-order valence-corrected chi connectivity index (χ3v) is 4.00. The molecule has 0 radical (unpaired) electrons. The Kier molecular flexibility index (Phi) is 3.67. The molecule has 0 aromatic heterocycles. The van der Waals surface area contributed by atoms with E-state index in [0.29, 0.717) is 0 Å². The van der Waals surface area contributed by atoms with E-state index in [-0.39, 0.29) is 5.78 Å². The van der Waals surface area contributed by atoms with Crippen molar-refractivity contribution in [2.24, 2.45) is 0 Å². The van der Waals surface area contributed by atoms with Crippen molar-refractivity contribution in [3.8, 4) is 0 Å². The standard InChI is InChI=1S/C16H15BrO/c1-10-7-8-13(11(2)9-10)16(18)14-5-4-6-15(17)12(14)3/h4-9H,1-3H3. The van der Waals surface area contributed by atoms with Crippen LogP contribution in [0.5, 0.6) is 0 Å². The molecule has 0 saturated heterocycles. The van der Waals surface area contributed by atoms with Gasteiger partial charge in [0.1, 0.15) is 0 Å².